The largest absolute Gasteiger partial charge is 0.478 e. The maximum absolute atomic E-state index is 11.7. The number of aromatic carboxylic acids is 2. The molecule has 31 heavy (non-hydrogen) atoms. The van der Waals surface area contributed by atoms with Gasteiger partial charge in [0.1, 0.15) is 0 Å². The van der Waals surface area contributed by atoms with Crippen LogP contribution in [0.1, 0.15) is 68.3 Å². The van der Waals surface area contributed by atoms with Gasteiger partial charge < -0.3 is 10.2 Å². The topological polar surface area (TPSA) is 74.6 Å². The van der Waals surface area contributed by atoms with Gasteiger partial charge in [0.15, 0.2) is 0 Å². The molecule has 0 heterocycles. The van der Waals surface area contributed by atoms with Crippen molar-refractivity contribution in [2.75, 3.05) is 0 Å². The van der Waals surface area contributed by atoms with Crippen molar-refractivity contribution in [1.82, 2.24) is 0 Å². The molecule has 0 bridgehead atoms. The van der Waals surface area contributed by atoms with E-state index in [1.807, 2.05) is 37.3 Å². The molecule has 0 saturated heterocycles. The van der Waals surface area contributed by atoms with E-state index in [0.717, 1.165) is 24.0 Å². The lowest BCUT2D eigenvalue weighted by Crippen LogP contribution is -2.14. The first kappa shape index (κ1) is 23.9. The second-order valence-corrected chi connectivity index (χ2v) is 7.59. The zero-order valence-corrected chi connectivity index (χ0v) is 18.4. The first-order chi connectivity index (χ1) is 14.8. The lowest BCUT2D eigenvalue weighted by Gasteiger charge is -2.15. The Hall–Kier alpha value is -3.40. The van der Waals surface area contributed by atoms with Crippen LogP contribution >= 0.6 is 0 Å². The smallest absolute Gasteiger partial charge is 0.336 e. The van der Waals surface area contributed by atoms with E-state index >= 15 is 0 Å². The Morgan fingerprint density at radius 2 is 1.35 bits per heavy atom. The number of unbranched alkanes of at least 4 members (excludes halogenated alkanes) is 1. The number of carbonyl (C=O) groups is 2. The summed E-state index contributed by atoms with van der Waals surface area (Å²) >= 11 is 0. The number of aryl methyl sites for hydroxylation is 2. The van der Waals surface area contributed by atoms with Gasteiger partial charge in [-0.1, -0.05) is 74.0 Å². The first-order valence-corrected chi connectivity index (χ1v) is 10.5. The van der Waals surface area contributed by atoms with E-state index in [9.17, 15) is 19.8 Å². The molecule has 0 aliphatic carbocycles. The van der Waals surface area contributed by atoms with Gasteiger partial charge in [0.05, 0.1) is 11.1 Å². The zero-order chi connectivity index (χ0) is 22.8. The van der Waals surface area contributed by atoms with Crippen molar-refractivity contribution in [1.29, 1.82) is 0 Å². The normalized spacial score (nSPS) is 10.2. The summed E-state index contributed by atoms with van der Waals surface area (Å²) in [7, 11) is 0. The van der Waals surface area contributed by atoms with E-state index in [-0.39, 0.29) is 11.1 Å². The van der Waals surface area contributed by atoms with E-state index in [0.29, 0.717) is 18.4 Å². The molecule has 0 aliphatic rings. The van der Waals surface area contributed by atoms with Gasteiger partial charge in [0.25, 0.3) is 0 Å². The Kier molecular flexibility index (Phi) is 9.01. The SMILES string of the molecule is CCCCc1c(Cc2ccccc2)ccc(C(=O)O)c1C(=O)O.Cc1ccccc1C. The molecule has 0 unspecified atom stereocenters. The third-order valence-corrected chi connectivity index (χ3v) is 5.30. The van der Waals surface area contributed by atoms with Crippen LogP contribution in [0.2, 0.25) is 0 Å². The van der Waals surface area contributed by atoms with Crippen molar-refractivity contribution in [2.45, 2.75) is 46.5 Å². The molecule has 0 spiro atoms. The second-order valence-electron chi connectivity index (χ2n) is 7.59. The minimum atomic E-state index is -1.20. The maximum Gasteiger partial charge on any atom is 0.336 e. The third kappa shape index (κ3) is 6.82. The summed E-state index contributed by atoms with van der Waals surface area (Å²) in [6, 6.07) is 21.3. The number of benzene rings is 3. The molecule has 0 radical (unpaired) electrons. The van der Waals surface area contributed by atoms with Gasteiger partial charge in [0.2, 0.25) is 0 Å². The minimum Gasteiger partial charge on any atom is -0.478 e. The second kappa shape index (κ2) is 11.7. The van der Waals surface area contributed by atoms with Crippen molar-refractivity contribution in [3.05, 3.63) is 106 Å². The molecule has 162 valence electrons. The van der Waals surface area contributed by atoms with Crippen molar-refractivity contribution in [3.8, 4) is 0 Å². The highest BCUT2D eigenvalue weighted by atomic mass is 16.4. The van der Waals surface area contributed by atoms with Gasteiger partial charge in [-0.2, -0.15) is 0 Å². The highest BCUT2D eigenvalue weighted by molar-refractivity contribution is 6.03. The Balaban J connectivity index is 0.000000357. The molecule has 0 saturated carbocycles. The number of hydrogen-bond acceptors (Lipinski definition) is 2. The predicted molar refractivity (Wildman–Crippen MR) is 124 cm³/mol. The molecular formula is C27H30O4. The summed E-state index contributed by atoms with van der Waals surface area (Å²) in [6.45, 7) is 6.27. The van der Waals surface area contributed by atoms with Crippen LogP contribution in [0.15, 0.2) is 66.7 Å². The van der Waals surface area contributed by atoms with Crippen LogP contribution in [-0.4, -0.2) is 22.2 Å². The van der Waals surface area contributed by atoms with Gasteiger partial charge in [-0.3, -0.25) is 0 Å². The molecule has 3 aromatic rings. The van der Waals surface area contributed by atoms with Crippen molar-refractivity contribution < 1.29 is 19.8 Å². The Labute approximate surface area is 184 Å². The van der Waals surface area contributed by atoms with Crippen LogP contribution in [0, 0.1) is 13.8 Å². The number of hydrogen-bond donors (Lipinski definition) is 2. The predicted octanol–water partition coefficient (Wildman–Crippen LogP) is 6.32. The Morgan fingerprint density at radius 3 is 1.84 bits per heavy atom. The maximum atomic E-state index is 11.7. The van der Waals surface area contributed by atoms with E-state index in [1.54, 1.807) is 6.07 Å². The lowest BCUT2D eigenvalue weighted by molar-refractivity contribution is 0.0650. The lowest BCUT2D eigenvalue weighted by atomic mass is 9.89. The van der Waals surface area contributed by atoms with Crippen LogP contribution in [0.4, 0.5) is 0 Å². The fraction of sp³-hybridized carbons (Fsp3) is 0.259. The average Bonchev–Trinajstić information content (AvgIpc) is 2.75. The van der Waals surface area contributed by atoms with Crippen molar-refractivity contribution in [3.63, 3.8) is 0 Å². The molecular weight excluding hydrogens is 388 g/mol. The van der Waals surface area contributed by atoms with Crippen LogP contribution in [0.5, 0.6) is 0 Å². The first-order valence-electron chi connectivity index (χ1n) is 10.5. The van der Waals surface area contributed by atoms with E-state index in [1.165, 1.54) is 17.2 Å². The fourth-order valence-electron chi connectivity index (χ4n) is 3.40. The Bertz CT molecular complexity index is 1000. The van der Waals surface area contributed by atoms with E-state index < -0.39 is 11.9 Å². The van der Waals surface area contributed by atoms with Gasteiger partial charge in [-0.25, -0.2) is 9.59 Å². The molecule has 4 heteroatoms. The highest BCUT2D eigenvalue weighted by Gasteiger charge is 2.22. The van der Waals surface area contributed by atoms with Gasteiger partial charge >= 0.3 is 11.9 Å². The number of carboxylic acid groups (broad SMARTS) is 2. The third-order valence-electron chi connectivity index (χ3n) is 5.30. The molecule has 3 rings (SSSR count). The zero-order valence-electron chi connectivity index (χ0n) is 18.4. The molecule has 2 N–H and O–H groups in total. The van der Waals surface area contributed by atoms with E-state index in [4.69, 9.17) is 0 Å². The summed E-state index contributed by atoms with van der Waals surface area (Å²) in [5, 5.41) is 18.8. The molecule has 0 amide bonds. The monoisotopic (exact) mass is 418 g/mol. The molecule has 3 aromatic carbocycles. The standard InChI is InChI=1S/C19H20O4.C8H10/c1-2-3-9-15-14(12-13-7-5-4-6-8-13)10-11-16(18(20)21)17(15)19(22)23;1-7-5-3-4-6-8(7)2/h4-8,10-11H,2-3,9,12H2,1H3,(H,20,21)(H,22,23);3-6H,1-2H3. The van der Waals surface area contributed by atoms with Crippen LogP contribution in [0.3, 0.4) is 0 Å². The number of rotatable bonds is 7. The summed E-state index contributed by atoms with van der Waals surface area (Å²) in [5.74, 6) is -2.38. The minimum absolute atomic E-state index is 0.0700. The van der Waals surface area contributed by atoms with E-state index in [2.05, 4.69) is 38.1 Å². The van der Waals surface area contributed by atoms with Crippen LogP contribution < -0.4 is 0 Å². The summed E-state index contributed by atoms with van der Waals surface area (Å²) < 4.78 is 0. The molecule has 0 aromatic heterocycles. The molecule has 4 nitrogen and oxygen atoms in total. The molecule has 0 aliphatic heterocycles. The Morgan fingerprint density at radius 1 is 0.774 bits per heavy atom. The van der Waals surface area contributed by atoms with Gasteiger partial charge in [-0.05, 0) is 67.0 Å². The van der Waals surface area contributed by atoms with Crippen LogP contribution in [0.25, 0.3) is 0 Å². The fourth-order valence-corrected chi connectivity index (χ4v) is 3.40. The number of carboxylic acids is 2. The molecule has 0 fully saturated rings. The van der Waals surface area contributed by atoms with Gasteiger partial charge in [0, 0.05) is 0 Å². The summed E-state index contributed by atoms with van der Waals surface area (Å²) in [4.78, 5) is 23.0. The average molecular weight is 419 g/mol. The van der Waals surface area contributed by atoms with Crippen molar-refractivity contribution in [2.24, 2.45) is 0 Å². The summed E-state index contributed by atoms with van der Waals surface area (Å²) in [6.07, 6.45) is 2.91. The highest BCUT2D eigenvalue weighted by Crippen LogP contribution is 2.24. The van der Waals surface area contributed by atoms with Gasteiger partial charge in [-0.15, -0.1) is 0 Å². The summed E-state index contributed by atoms with van der Waals surface area (Å²) in [5.41, 5.74) is 5.12. The van der Waals surface area contributed by atoms with Crippen LogP contribution in [-0.2, 0) is 12.8 Å². The quantitative estimate of drug-likeness (QED) is 0.471. The van der Waals surface area contributed by atoms with Crippen molar-refractivity contribution >= 4 is 11.9 Å². The molecule has 0 atom stereocenters.